The Morgan fingerprint density at radius 3 is 2.86 bits per heavy atom. The number of aromatic nitrogens is 1. The normalized spacial score (nSPS) is 17.7. The summed E-state index contributed by atoms with van der Waals surface area (Å²) in [5.41, 5.74) is 0.0398. The lowest BCUT2D eigenvalue weighted by atomic mass is 10.0. The van der Waals surface area contributed by atoms with E-state index in [-0.39, 0.29) is 49.0 Å². The summed E-state index contributed by atoms with van der Waals surface area (Å²) in [7, 11) is -4.29. The second-order valence-electron chi connectivity index (χ2n) is 5.97. The number of thiophene rings is 1. The molecule has 0 atom stereocenters. The molecule has 11 heteroatoms. The van der Waals surface area contributed by atoms with Gasteiger partial charge in [0.25, 0.3) is 15.9 Å². The molecule has 1 N–H and O–H groups in total. The zero-order valence-corrected chi connectivity index (χ0v) is 17.0. The number of aryl methyl sites for hydroxylation is 2. The number of carbonyl (C=O) groups is 1. The Kier molecular flexibility index (Phi) is 3.66. The number of hydrogen-bond acceptors (Lipinski definition) is 8. The van der Waals surface area contributed by atoms with E-state index >= 15 is 0 Å². The first-order chi connectivity index (χ1) is 15.7. The van der Waals surface area contributed by atoms with Crippen molar-refractivity contribution in [3.63, 3.8) is 0 Å². The van der Waals surface area contributed by atoms with Crippen LogP contribution in [0.1, 0.15) is 33.3 Å². The van der Waals surface area contributed by atoms with Gasteiger partial charge in [-0.2, -0.15) is 0 Å². The van der Waals surface area contributed by atoms with Crippen molar-refractivity contribution in [1.29, 1.82) is 0 Å². The fraction of sp³-hybridized carbons (Fsp3) is 0.222. The topological polar surface area (TPSA) is 108 Å². The first-order valence-corrected chi connectivity index (χ1v) is 10.7. The van der Waals surface area contributed by atoms with E-state index in [1.807, 2.05) is 0 Å². The summed E-state index contributed by atoms with van der Waals surface area (Å²) in [6.45, 7) is -3.63. The predicted octanol–water partition coefficient (Wildman–Crippen LogP) is 3.96. The van der Waals surface area contributed by atoms with Gasteiger partial charge in [0.05, 0.1) is 4.88 Å². The van der Waals surface area contributed by atoms with Crippen LogP contribution < -0.4 is 14.2 Å². The third-order valence-electron chi connectivity index (χ3n) is 4.01. The number of Topliss-reactive ketones (excluding diaryl/α,β-unsaturated/α-hetero) is 1. The van der Waals surface area contributed by atoms with Crippen molar-refractivity contribution in [2.75, 3.05) is 11.5 Å². The van der Waals surface area contributed by atoms with E-state index in [1.165, 1.54) is 24.4 Å². The molecule has 0 aliphatic carbocycles. The number of sulfonamides is 1. The molecule has 8 nitrogen and oxygen atoms in total. The van der Waals surface area contributed by atoms with Crippen molar-refractivity contribution in [2.24, 2.45) is 0 Å². The van der Waals surface area contributed by atoms with Gasteiger partial charge in [-0.05, 0) is 48.5 Å². The molecule has 4 rings (SSSR count). The van der Waals surface area contributed by atoms with Crippen LogP contribution in [0.4, 0.5) is 5.88 Å². The Labute approximate surface area is 182 Å². The number of nitrogens with one attached hydrogen (secondary N) is 1. The van der Waals surface area contributed by atoms with E-state index in [0.717, 1.165) is 17.4 Å². The SMILES string of the molecule is [2H]C1([2H])Oc2cc(CC(=O)c3sccc3S(=O)(=O)Nc3onc(C)c3Cl)c(C([2H])([2H])[2H])cc2O1. The molecule has 3 aromatic rings. The molecule has 152 valence electrons. The number of fused-ring (bicyclic) bond motifs is 1. The van der Waals surface area contributed by atoms with E-state index in [9.17, 15) is 13.2 Å². The molecule has 1 aliphatic heterocycles. The Hall–Kier alpha value is -2.56. The zero-order valence-electron chi connectivity index (χ0n) is 19.6. The summed E-state index contributed by atoms with van der Waals surface area (Å²) in [5, 5.41) is 4.93. The molecule has 0 unspecified atom stereocenters. The lowest BCUT2D eigenvalue weighted by Crippen LogP contribution is -2.16. The van der Waals surface area contributed by atoms with E-state index < -0.39 is 35.8 Å². The molecule has 0 bridgehead atoms. The molecule has 1 aromatic carbocycles. The number of ether oxygens (including phenoxy) is 2. The maximum Gasteiger partial charge on any atom is 0.265 e. The maximum atomic E-state index is 13.1. The Bertz CT molecular complexity index is 1400. The molecule has 0 saturated heterocycles. The molecular formula is C18H15ClN2O6S2. The molecule has 1 aliphatic rings. The Morgan fingerprint density at radius 2 is 2.17 bits per heavy atom. The van der Waals surface area contributed by atoms with Crippen molar-refractivity contribution in [2.45, 2.75) is 25.1 Å². The first kappa shape index (κ1) is 14.4. The molecule has 0 spiro atoms. The predicted molar refractivity (Wildman–Crippen MR) is 107 cm³/mol. The van der Waals surface area contributed by atoms with E-state index in [4.69, 9.17) is 32.5 Å². The largest absolute Gasteiger partial charge is 0.454 e. The number of benzene rings is 1. The fourth-order valence-electron chi connectivity index (χ4n) is 2.58. The van der Waals surface area contributed by atoms with Gasteiger partial charge < -0.3 is 14.0 Å². The summed E-state index contributed by atoms with van der Waals surface area (Å²) in [4.78, 5) is 12.6. The van der Waals surface area contributed by atoms with Crippen LogP contribution >= 0.6 is 22.9 Å². The van der Waals surface area contributed by atoms with Crippen molar-refractivity contribution in [1.82, 2.24) is 5.16 Å². The number of nitrogens with zero attached hydrogens (tertiary/aromatic N) is 1. The smallest absolute Gasteiger partial charge is 0.265 e. The fourth-order valence-corrected chi connectivity index (χ4v) is 5.14. The summed E-state index contributed by atoms with van der Waals surface area (Å²) in [5.74, 6) is -1.17. The number of halogens is 1. The lowest BCUT2D eigenvalue weighted by Gasteiger charge is -2.09. The van der Waals surface area contributed by atoms with Crippen LogP contribution in [0, 0.1) is 13.8 Å². The monoisotopic (exact) mass is 459 g/mol. The number of ketones is 1. The Balaban J connectivity index is 1.67. The molecular weight excluding hydrogens is 440 g/mol. The summed E-state index contributed by atoms with van der Waals surface area (Å²) in [6, 6.07) is 3.52. The van der Waals surface area contributed by atoms with Crippen molar-refractivity contribution in [3.8, 4) is 11.5 Å². The zero-order chi connectivity index (χ0) is 25.1. The third-order valence-corrected chi connectivity index (χ3v) is 6.92. The van der Waals surface area contributed by atoms with Gasteiger partial charge in [0, 0.05) is 10.5 Å². The summed E-state index contributed by atoms with van der Waals surface area (Å²) >= 11 is 6.82. The molecule has 2 aromatic heterocycles. The van der Waals surface area contributed by atoms with Crippen LogP contribution in [0.5, 0.6) is 11.5 Å². The van der Waals surface area contributed by atoms with E-state index in [0.29, 0.717) is 0 Å². The maximum absolute atomic E-state index is 13.1. The van der Waals surface area contributed by atoms with Crippen LogP contribution in [0.2, 0.25) is 5.02 Å². The Morgan fingerprint density at radius 1 is 1.41 bits per heavy atom. The molecule has 0 saturated carbocycles. The van der Waals surface area contributed by atoms with Gasteiger partial charge in [-0.1, -0.05) is 16.8 Å². The molecule has 0 amide bonds. The molecule has 0 fully saturated rings. The standard InChI is InChI=1S/C18H15ClN2O6S2/c1-9-5-13-14(26-8-25-13)7-11(9)6-12(22)17-15(3-4-28-17)29(23,24)21-18-16(19)10(2)20-27-18/h3-5,7,21H,6,8H2,1-2H3/i1D3,8D2. The van der Waals surface area contributed by atoms with Crippen LogP contribution in [0.3, 0.4) is 0 Å². The van der Waals surface area contributed by atoms with Gasteiger partial charge in [-0.15, -0.1) is 11.3 Å². The van der Waals surface area contributed by atoms with Gasteiger partial charge in [0.2, 0.25) is 6.75 Å². The van der Waals surface area contributed by atoms with E-state index in [2.05, 4.69) is 9.88 Å². The van der Waals surface area contributed by atoms with Crippen LogP contribution in [-0.2, 0) is 16.4 Å². The number of carbonyl (C=O) groups excluding carboxylic acids is 1. The average Bonchev–Trinajstić information content (AvgIpc) is 3.39. The van der Waals surface area contributed by atoms with Gasteiger partial charge in [0.1, 0.15) is 18.4 Å². The minimum atomic E-state index is -4.29. The summed E-state index contributed by atoms with van der Waals surface area (Å²) < 4.78 is 81.2. The van der Waals surface area contributed by atoms with Crippen molar-refractivity contribution >= 4 is 44.6 Å². The highest BCUT2D eigenvalue weighted by atomic mass is 35.5. The van der Waals surface area contributed by atoms with Gasteiger partial charge >= 0.3 is 0 Å². The van der Waals surface area contributed by atoms with Crippen LogP contribution in [0.15, 0.2) is 33.0 Å². The lowest BCUT2D eigenvalue weighted by molar-refractivity contribution is 0.0994. The van der Waals surface area contributed by atoms with Crippen LogP contribution in [-0.4, -0.2) is 26.1 Å². The molecule has 0 radical (unpaired) electrons. The highest BCUT2D eigenvalue weighted by Crippen LogP contribution is 2.36. The van der Waals surface area contributed by atoms with E-state index in [1.54, 1.807) is 0 Å². The molecule has 29 heavy (non-hydrogen) atoms. The van der Waals surface area contributed by atoms with Crippen molar-refractivity contribution < 1.29 is 34.1 Å². The van der Waals surface area contributed by atoms with Gasteiger partial charge in [0.15, 0.2) is 17.3 Å². The van der Waals surface area contributed by atoms with Crippen molar-refractivity contribution in [3.05, 3.63) is 50.3 Å². The second kappa shape index (κ2) is 7.36. The minimum absolute atomic E-state index is 0.0173. The number of rotatable bonds is 6. The number of hydrogen-bond donors (Lipinski definition) is 1. The molecule has 3 heterocycles. The third kappa shape index (κ3) is 3.70. The number of anilines is 1. The first-order valence-electron chi connectivity index (χ1n) is 10.5. The summed E-state index contributed by atoms with van der Waals surface area (Å²) in [6.07, 6.45) is -0.488. The minimum Gasteiger partial charge on any atom is -0.454 e. The van der Waals surface area contributed by atoms with Gasteiger partial charge in [-0.25, -0.2) is 13.1 Å². The quantitative estimate of drug-likeness (QED) is 0.555. The second-order valence-corrected chi connectivity index (χ2v) is 8.92. The van der Waals surface area contributed by atoms with Crippen LogP contribution in [0.25, 0.3) is 0 Å². The highest BCUT2D eigenvalue weighted by molar-refractivity contribution is 7.93. The van der Waals surface area contributed by atoms with Gasteiger partial charge in [-0.3, -0.25) is 4.79 Å². The average molecular weight is 460 g/mol. The highest BCUT2D eigenvalue weighted by Gasteiger charge is 2.27.